The van der Waals surface area contributed by atoms with Gasteiger partial charge in [0, 0.05) is 16.5 Å². The smallest absolute Gasteiger partial charge is 0.244 e. The molecule has 27 heavy (non-hydrogen) atoms. The van der Waals surface area contributed by atoms with Crippen molar-refractivity contribution in [1.29, 1.82) is 0 Å². The molecule has 7 nitrogen and oxygen atoms in total. The molecule has 2 aliphatic rings. The van der Waals surface area contributed by atoms with Crippen LogP contribution in [0.15, 0.2) is 41.3 Å². The number of carbonyl (C=O) groups is 3. The average Bonchev–Trinajstić information content (AvgIpc) is 3.10. The number of ketones is 1. The molecule has 0 unspecified atom stereocenters. The summed E-state index contributed by atoms with van der Waals surface area (Å²) in [7, 11) is 0. The van der Waals surface area contributed by atoms with Gasteiger partial charge in [0.15, 0.2) is 17.3 Å². The molecule has 0 saturated carbocycles. The third-order valence-corrected chi connectivity index (χ3v) is 5.32. The fourth-order valence-electron chi connectivity index (χ4n) is 3.00. The molecule has 0 atom stereocenters. The van der Waals surface area contributed by atoms with Crippen molar-refractivity contribution in [2.75, 3.05) is 29.3 Å². The summed E-state index contributed by atoms with van der Waals surface area (Å²) in [5.74, 6) is 0.478. The predicted octanol–water partition coefficient (Wildman–Crippen LogP) is 2.70. The van der Waals surface area contributed by atoms with Gasteiger partial charge in [0.05, 0.1) is 17.1 Å². The number of para-hydroxylation sites is 1. The van der Waals surface area contributed by atoms with Crippen molar-refractivity contribution >= 4 is 40.7 Å². The van der Waals surface area contributed by atoms with Crippen LogP contribution >= 0.6 is 11.8 Å². The first-order valence-corrected chi connectivity index (χ1v) is 9.28. The minimum Gasteiger partial charge on any atom is -0.454 e. The first-order chi connectivity index (χ1) is 13.0. The number of rotatable bonds is 4. The summed E-state index contributed by atoms with van der Waals surface area (Å²) in [4.78, 5) is 39.3. The van der Waals surface area contributed by atoms with Crippen LogP contribution in [0.4, 0.5) is 11.4 Å². The summed E-state index contributed by atoms with van der Waals surface area (Å²) in [5, 5.41) is 2.72. The maximum Gasteiger partial charge on any atom is 0.244 e. The Morgan fingerprint density at radius 1 is 1.19 bits per heavy atom. The van der Waals surface area contributed by atoms with E-state index in [1.165, 1.54) is 23.6 Å². The lowest BCUT2D eigenvalue weighted by Gasteiger charge is -2.28. The molecule has 4 rings (SSSR count). The second-order valence-electron chi connectivity index (χ2n) is 6.09. The van der Waals surface area contributed by atoms with Crippen molar-refractivity contribution < 1.29 is 23.9 Å². The zero-order chi connectivity index (χ0) is 19.0. The van der Waals surface area contributed by atoms with E-state index in [1.54, 1.807) is 12.1 Å². The fourth-order valence-corrected chi connectivity index (χ4v) is 3.93. The third-order valence-electron chi connectivity index (χ3n) is 4.28. The summed E-state index contributed by atoms with van der Waals surface area (Å²) in [5.41, 5.74) is 1.38. The number of amides is 2. The summed E-state index contributed by atoms with van der Waals surface area (Å²) >= 11 is 1.45. The van der Waals surface area contributed by atoms with Crippen molar-refractivity contribution in [1.82, 2.24) is 0 Å². The Hall–Kier alpha value is -3.00. The van der Waals surface area contributed by atoms with Gasteiger partial charge in [0.1, 0.15) is 6.54 Å². The lowest BCUT2D eigenvalue weighted by molar-refractivity contribution is -0.120. The molecule has 0 aliphatic carbocycles. The molecule has 2 amide bonds. The highest BCUT2D eigenvalue weighted by Crippen LogP contribution is 2.38. The number of fused-ring (bicyclic) bond motifs is 2. The number of Topliss-reactive ketones (excluding diaryl/α,β-unsaturated/α-hetero) is 1. The van der Waals surface area contributed by atoms with Crippen molar-refractivity contribution in [3.8, 4) is 11.5 Å². The molecule has 2 aromatic rings. The van der Waals surface area contributed by atoms with Crippen LogP contribution in [-0.2, 0) is 9.59 Å². The van der Waals surface area contributed by atoms with Gasteiger partial charge in [-0.1, -0.05) is 12.1 Å². The van der Waals surface area contributed by atoms with Crippen LogP contribution in [0, 0.1) is 0 Å². The summed E-state index contributed by atoms with van der Waals surface area (Å²) in [6, 6.07) is 10.6. The van der Waals surface area contributed by atoms with E-state index in [4.69, 9.17) is 9.47 Å². The molecule has 0 spiro atoms. The lowest BCUT2D eigenvalue weighted by atomic mass is 10.1. The number of ether oxygens (including phenoxy) is 2. The van der Waals surface area contributed by atoms with Crippen molar-refractivity contribution in [2.24, 2.45) is 0 Å². The Balaban J connectivity index is 1.57. The van der Waals surface area contributed by atoms with Gasteiger partial charge in [-0.2, -0.15) is 0 Å². The number of thioether (sulfide) groups is 1. The van der Waals surface area contributed by atoms with Crippen LogP contribution in [-0.4, -0.2) is 36.7 Å². The Kier molecular flexibility index (Phi) is 4.49. The first-order valence-electron chi connectivity index (χ1n) is 8.29. The quantitative estimate of drug-likeness (QED) is 0.816. The van der Waals surface area contributed by atoms with Crippen LogP contribution in [0.2, 0.25) is 0 Å². The van der Waals surface area contributed by atoms with E-state index in [0.29, 0.717) is 28.4 Å². The van der Waals surface area contributed by atoms with Crippen LogP contribution in [0.3, 0.4) is 0 Å². The minimum atomic E-state index is -0.397. The van der Waals surface area contributed by atoms with E-state index in [1.807, 2.05) is 24.3 Å². The van der Waals surface area contributed by atoms with Crippen LogP contribution in [0.25, 0.3) is 0 Å². The van der Waals surface area contributed by atoms with Crippen LogP contribution in [0.1, 0.15) is 17.3 Å². The number of anilines is 2. The van der Waals surface area contributed by atoms with E-state index in [2.05, 4.69) is 5.32 Å². The molecule has 2 aliphatic heterocycles. The average molecular weight is 384 g/mol. The van der Waals surface area contributed by atoms with Crippen molar-refractivity contribution in [2.45, 2.75) is 11.8 Å². The molecule has 138 valence electrons. The molecule has 0 radical (unpaired) electrons. The molecular formula is C19H16N2O5S. The Labute approximate surface area is 159 Å². The third kappa shape index (κ3) is 3.35. The monoisotopic (exact) mass is 384 g/mol. The molecular weight excluding hydrogens is 368 g/mol. The van der Waals surface area contributed by atoms with Gasteiger partial charge in [0.25, 0.3) is 0 Å². The van der Waals surface area contributed by atoms with Crippen LogP contribution < -0.4 is 19.7 Å². The van der Waals surface area contributed by atoms with Gasteiger partial charge >= 0.3 is 0 Å². The SMILES string of the molecule is CC(=O)c1cc2c(cc1NC(=O)CN1C(=O)CSc3ccccc31)OCO2. The fraction of sp³-hybridized carbons (Fsp3) is 0.211. The van der Waals surface area contributed by atoms with Crippen molar-refractivity contribution in [3.05, 3.63) is 42.0 Å². The van der Waals surface area contributed by atoms with E-state index >= 15 is 0 Å². The molecule has 0 bridgehead atoms. The summed E-state index contributed by atoms with van der Waals surface area (Å²) in [6.07, 6.45) is 0. The maximum absolute atomic E-state index is 12.6. The van der Waals surface area contributed by atoms with Gasteiger partial charge in [0.2, 0.25) is 18.6 Å². The summed E-state index contributed by atoms with van der Waals surface area (Å²) < 4.78 is 10.6. The van der Waals surface area contributed by atoms with E-state index in [-0.39, 0.29) is 30.8 Å². The highest BCUT2D eigenvalue weighted by atomic mass is 32.2. The molecule has 2 heterocycles. The number of nitrogens with one attached hydrogen (secondary N) is 1. The Morgan fingerprint density at radius 2 is 1.93 bits per heavy atom. The van der Waals surface area contributed by atoms with E-state index < -0.39 is 5.91 Å². The maximum atomic E-state index is 12.6. The topological polar surface area (TPSA) is 84.9 Å². The van der Waals surface area contributed by atoms with E-state index in [0.717, 1.165) is 4.90 Å². The Bertz CT molecular complexity index is 959. The second kappa shape index (κ2) is 6.96. The lowest BCUT2D eigenvalue weighted by Crippen LogP contribution is -2.41. The minimum absolute atomic E-state index is 0.0702. The van der Waals surface area contributed by atoms with Crippen LogP contribution in [0.5, 0.6) is 11.5 Å². The Morgan fingerprint density at radius 3 is 2.70 bits per heavy atom. The highest BCUT2D eigenvalue weighted by Gasteiger charge is 2.27. The molecule has 0 fully saturated rings. The molecule has 8 heteroatoms. The standard InChI is InChI=1S/C19H16N2O5S/c1-11(22)12-6-15-16(26-10-25-15)7-13(12)20-18(23)8-21-14-4-2-3-5-17(14)27-9-19(21)24/h2-7H,8-10H2,1H3,(H,20,23). The molecule has 2 aromatic carbocycles. The normalized spacial score (nSPS) is 14.7. The number of hydrogen-bond acceptors (Lipinski definition) is 6. The van der Waals surface area contributed by atoms with E-state index in [9.17, 15) is 14.4 Å². The van der Waals surface area contributed by atoms with Crippen molar-refractivity contribution in [3.63, 3.8) is 0 Å². The zero-order valence-electron chi connectivity index (χ0n) is 14.5. The molecule has 0 aromatic heterocycles. The first kappa shape index (κ1) is 17.4. The molecule has 0 saturated heterocycles. The van der Waals surface area contributed by atoms with Gasteiger partial charge in [-0.15, -0.1) is 11.8 Å². The number of benzene rings is 2. The number of carbonyl (C=O) groups excluding carboxylic acids is 3. The van der Waals surface area contributed by atoms with Gasteiger partial charge in [-0.25, -0.2) is 0 Å². The second-order valence-corrected chi connectivity index (χ2v) is 7.11. The molecule has 1 N–H and O–H groups in total. The van der Waals surface area contributed by atoms with Gasteiger partial charge in [-0.3, -0.25) is 14.4 Å². The number of hydrogen-bond donors (Lipinski definition) is 1. The summed E-state index contributed by atoms with van der Waals surface area (Å²) in [6.45, 7) is 1.35. The predicted molar refractivity (Wildman–Crippen MR) is 101 cm³/mol. The number of nitrogens with zero attached hydrogens (tertiary/aromatic N) is 1. The van der Waals surface area contributed by atoms with Gasteiger partial charge < -0.3 is 19.7 Å². The largest absolute Gasteiger partial charge is 0.454 e. The zero-order valence-corrected chi connectivity index (χ0v) is 15.3. The highest BCUT2D eigenvalue weighted by molar-refractivity contribution is 8.00. The van der Waals surface area contributed by atoms with Gasteiger partial charge in [-0.05, 0) is 25.1 Å².